The molecule has 32 heavy (non-hydrogen) atoms. The van der Waals surface area contributed by atoms with Crippen molar-refractivity contribution in [3.05, 3.63) is 71.4 Å². The van der Waals surface area contributed by atoms with E-state index in [0.717, 1.165) is 41.2 Å². The summed E-state index contributed by atoms with van der Waals surface area (Å²) >= 11 is 0. The predicted octanol–water partition coefficient (Wildman–Crippen LogP) is 5.33. The monoisotopic (exact) mass is 423 g/mol. The fourth-order valence-corrected chi connectivity index (χ4v) is 3.94. The lowest BCUT2D eigenvalue weighted by atomic mass is 10.0. The van der Waals surface area contributed by atoms with Crippen molar-refractivity contribution in [1.82, 2.24) is 19.7 Å². The normalized spacial score (nSPS) is 13.3. The van der Waals surface area contributed by atoms with Gasteiger partial charge in [-0.1, -0.05) is 36.4 Å². The number of fused-ring (bicyclic) bond motifs is 1. The number of nitrogens with one attached hydrogen (secondary N) is 2. The van der Waals surface area contributed by atoms with Crippen LogP contribution in [0.15, 0.2) is 59.7 Å². The summed E-state index contributed by atoms with van der Waals surface area (Å²) in [6.45, 7) is 4.93. The molecule has 7 heteroatoms. The molecule has 0 aliphatic carbocycles. The Labute approximate surface area is 186 Å². The van der Waals surface area contributed by atoms with E-state index in [1.165, 1.54) is 22.3 Å². The zero-order chi connectivity index (χ0) is 22.1. The molecule has 1 aliphatic heterocycles. The molecule has 160 valence electrons. The van der Waals surface area contributed by atoms with Gasteiger partial charge in [-0.2, -0.15) is 10.1 Å². The van der Waals surface area contributed by atoms with Crippen molar-refractivity contribution < 1.29 is 0 Å². The van der Waals surface area contributed by atoms with Crippen molar-refractivity contribution in [2.45, 2.75) is 20.3 Å². The molecule has 0 atom stereocenters. The molecular weight excluding hydrogens is 398 g/mol. The van der Waals surface area contributed by atoms with Crippen molar-refractivity contribution in [3.63, 3.8) is 0 Å². The Morgan fingerprint density at radius 1 is 0.969 bits per heavy atom. The second kappa shape index (κ2) is 8.26. The van der Waals surface area contributed by atoms with E-state index in [9.17, 15) is 0 Å². The molecule has 0 saturated carbocycles. The Balaban J connectivity index is 1.38. The zero-order valence-electron chi connectivity index (χ0n) is 18.4. The number of aliphatic imine (C=N–C) groups is 1. The topological polar surface area (TPSA) is 80.0 Å². The first-order valence-electron chi connectivity index (χ1n) is 10.7. The number of hydrogen-bond acceptors (Lipinski definition) is 6. The smallest absolute Gasteiger partial charge is 0.229 e. The number of benzene rings is 2. The van der Waals surface area contributed by atoms with Gasteiger partial charge in [-0.15, -0.1) is 0 Å². The molecular formula is C25H25N7. The zero-order valence-corrected chi connectivity index (χ0v) is 18.4. The fourth-order valence-electron chi connectivity index (χ4n) is 3.94. The van der Waals surface area contributed by atoms with Crippen molar-refractivity contribution in [3.8, 4) is 0 Å². The summed E-state index contributed by atoms with van der Waals surface area (Å²) in [7, 11) is 1.89. The number of aromatic nitrogens is 4. The lowest BCUT2D eigenvalue weighted by Crippen LogP contribution is -1.99. The van der Waals surface area contributed by atoms with Crippen LogP contribution in [0.4, 0.5) is 23.1 Å². The van der Waals surface area contributed by atoms with Crippen LogP contribution in [0.3, 0.4) is 0 Å². The third kappa shape index (κ3) is 3.85. The molecule has 4 aromatic rings. The van der Waals surface area contributed by atoms with Crippen LogP contribution in [0, 0.1) is 13.8 Å². The van der Waals surface area contributed by atoms with Gasteiger partial charge in [0.15, 0.2) is 11.5 Å². The summed E-state index contributed by atoms with van der Waals surface area (Å²) in [6, 6.07) is 14.6. The van der Waals surface area contributed by atoms with Crippen LogP contribution >= 0.6 is 0 Å². The van der Waals surface area contributed by atoms with Crippen LogP contribution in [0.2, 0.25) is 0 Å². The summed E-state index contributed by atoms with van der Waals surface area (Å²) in [6.07, 6.45) is 6.84. The number of aryl methyl sites for hydroxylation is 3. The van der Waals surface area contributed by atoms with Gasteiger partial charge in [0.2, 0.25) is 5.95 Å². The van der Waals surface area contributed by atoms with E-state index in [1.807, 2.05) is 31.6 Å². The second-order valence-corrected chi connectivity index (χ2v) is 7.98. The van der Waals surface area contributed by atoms with Crippen molar-refractivity contribution in [2.24, 2.45) is 12.0 Å². The molecule has 0 fully saturated rings. The highest BCUT2D eigenvalue weighted by molar-refractivity contribution is 5.90. The Bertz CT molecular complexity index is 1330. The number of hydrogen-bond donors (Lipinski definition) is 2. The largest absolute Gasteiger partial charge is 0.338 e. The number of dihydropyridines is 1. The van der Waals surface area contributed by atoms with Crippen molar-refractivity contribution >= 4 is 46.0 Å². The average Bonchev–Trinajstić information content (AvgIpc) is 3.12. The first kappa shape index (κ1) is 19.9. The van der Waals surface area contributed by atoms with Crippen LogP contribution in [-0.2, 0) is 7.05 Å². The molecule has 3 heterocycles. The van der Waals surface area contributed by atoms with Crippen molar-refractivity contribution in [1.29, 1.82) is 0 Å². The number of allylic oxidation sites excluding steroid dienone is 1. The Morgan fingerprint density at radius 3 is 2.47 bits per heavy atom. The van der Waals surface area contributed by atoms with E-state index in [-0.39, 0.29) is 0 Å². The van der Waals surface area contributed by atoms with E-state index in [2.05, 4.69) is 76.0 Å². The molecule has 5 rings (SSSR count). The number of rotatable bonds is 5. The molecule has 0 radical (unpaired) electrons. The molecule has 1 aliphatic rings. The maximum Gasteiger partial charge on any atom is 0.229 e. The molecule has 2 aromatic heterocycles. The van der Waals surface area contributed by atoms with Gasteiger partial charge >= 0.3 is 0 Å². The van der Waals surface area contributed by atoms with Crippen LogP contribution < -0.4 is 10.6 Å². The number of anilines is 4. The van der Waals surface area contributed by atoms with Gasteiger partial charge in [-0.25, -0.2) is 9.67 Å². The van der Waals surface area contributed by atoms with Crippen molar-refractivity contribution in [2.75, 3.05) is 17.2 Å². The predicted molar refractivity (Wildman–Crippen MR) is 131 cm³/mol. The van der Waals surface area contributed by atoms with E-state index < -0.39 is 0 Å². The average molecular weight is 424 g/mol. The minimum Gasteiger partial charge on any atom is -0.338 e. The molecule has 0 bridgehead atoms. The first-order chi connectivity index (χ1) is 15.6. The van der Waals surface area contributed by atoms with Gasteiger partial charge in [0.25, 0.3) is 0 Å². The van der Waals surface area contributed by atoms with Gasteiger partial charge in [0.05, 0.1) is 11.9 Å². The van der Waals surface area contributed by atoms with E-state index >= 15 is 0 Å². The molecule has 0 unspecified atom stereocenters. The van der Waals surface area contributed by atoms with Crippen LogP contribution in [0.1, 0.15) is 23.1 Å². The Hall–Kier alpha value is -4.00. The third-order valence-electron chi connectivity index (χ3n) is 5.70. The first-order valence-corrected chi connectivity index (χ1v) is 10.7. The Morgan fingerprint density at radius 2 is 1.75 bits per heavy atom. The fraction of sp³-hybridized carbons (Fsp3) is 0.200. The molecule has 2 N–H and O–H groups in total. The minimum atomic E-state index is 0.538. The minimum absolute atomic E-state index is 0.538. The van der Waals surface area contributed by atoms with Gasteiger partial charge in [0.1, 0.15) is 0 Å². The number of nitrogens with zero attached hydrogens (tertiary/aromatic N) is 5. The highest BCUT2D eigenvalue weighted by atomic mass is 15.3. The molecule has 0 amide bonds. The summed E-state index contributed by atoms with van der Waals surface area (Å²) in [5, 5.41) is 12.3. The molecule has 2 aromatic carbocycles. The quantitative estimate of drug-likeness (QED) is 0.454. The van der Waals surface area contributed by atoms with E-state index in [1.54, 1.807) is 4.68 Å². The van der Waals surface area contributed by atoms with E-state index in [4.69, 9.17) is 4.98 Å². The van der Waals surface area contributed by atoms with Gasteiger partial charge in [-0.05, 0) is 48.2 Å². The maximum absolute atomic E-state index is 4.70. The highest BCUT2D eigenvalue weighted by Crippen LogP contribution is 2.29. The summed E-state index contributed by atoms with van der Waals surface area (Å²) in [5.41, 5.74) is 7.63. The maximum atomic E-state index is 4.70. The highest BCUT2D eigenvalue weighted by Gasteiger charge is 2.14. The molecule has 7 nitrogen and oxygen atoms in total. The van der Waals surface area contributed by atoms with Gasteiger partial charge in [0, 0.05) is 37.3 Å². The lowest BCUT2D eigenvalue weighted by Gasteiger charge is -2.11. The number of para-hydroxylation sites is 1. The van der Waals surface area contributed by atoms with Gasteiger partial charge in [-0.3, -0.25) is 4.99 Å². The van der Waals surface area contributed by atoms with Gasteiger partial charge < -0.3 is 10.6 Å². The SMILES string of the molecule is Cc1cccc(C)c1Nc1nn(C)c2nc(Nc3ccc(C4=CCN=CC4)cc3)ncc12. The summed E-state index contributed by atoms with van der Waals surface area (Å²) in [4.78, 5) is 13.5. The molecule has 0 spiro atoms. The standard InChI is InChI=1S/C25H25N7/c1-16-5-4-6-17(2)22(16)29-23-21-15-27-25(30-24(21)32(3)31-23)28-20-9-7-18(8-10-20)19-11-13-26-14-12-19/h4-11,14-15H,12-13H2,1-3H3,(H,29,31)(H,27,28,30). The second-order valence-electron chi connectivity index (χ2n) is 7.98. The Kier molecular flexibility index (Phi) is 5.15. The van der Waals surface area contributed by atoms with E-state index in [0.29, 0.717) is 5.95 Å². The van der Waals surface area contributed by atoms with Crippen LogP contribution in [0.25, 0.3) is 16.6 Å². The van der Waals surface area contributed by atoms with Crippen LogP contribution in [-0.4, -0.2) is 32.5 Å². The third-order valence-corrected chi connectivity index (χ3v) is 5.70. The lowest BCUT2D eigenvalue weighted by molar-refractivity contribution is 0.789. The summed E-state index contributed by atoms with van der Waals surface area (Å²) in [5.74, 6) is 1.29. The summed E-state index contributed by atoms with van der Waals surface area (Å²) < 4.78 is 1.78. The molecule has 0 saturated heterocycles. The van der Waals surface area contributed by atoms with Crippen LogP contribution in [0.5, 0.6) is 0 Å².